The number of fused-ring (bicyclic) bond motifs is 1. The number of carbonyl (C=O) groups is 3. The number of carbonyl (C=O) groups excluding carboxylic acids is 2. The van der Waals surface area contributed by atoms with E-state index in [1.54, 1.807) is 0 Å². The van der Waals surface area contributed by atoms with Crippen LogP contribution in [0.4, 0.5) is 5.69 Å². The molecule has 2 aromatic rings. The monoisotopic (exact) mass is 357 g/mol. The number of aromatic carboxylic acids is 1. The highest BCUT2D eigenvalue weighted by Gasteiger charge is 2.30. The van der Waals surface area contributed by atoms with Crippen molar-refractivity contribution >= 4 is 23.5 Å². The zero-order valence-corrected chi connectivity index (χ0v) is 14.2. The van der Waals surface area contributed by atoms with Crippen LogP contribution in [0.15, 0.2) is 24.4 Å². The van der Waals surface area contributed by atoms with E-state index in [4.69, 9.17) is 5.11 Å². The maximum absolute atomic E-state index is 12.2. The van der Waals surface area contributed by atoms with Gasteiger partial charge in [-0.05, 0) is 30.0 Å². The van der Waals surface area contributed by atoms with E-state index in [9.17, 15) is 14.4 Å². The van der Waals surface area contributed by atoms with Gasteiger partial charge < -0.3 is 15.7 Å². The van der Waals surface area contributed by atoms with Gasteiger partial charge in [0.1, 0.15) is 6.54 Å². The largest absolute Gasteiger partial charge is 0.476 e. The van der Waals surface area contributed by atoms with Crippen LogP contribution in [-0.4, -0.2) is 44.4 Å². The summed E-state index contributed by atoms with van der Waals surface area (Å²) in [7, 11) is 0. The molecule has 9 nitrogen and oxygen atoms in total. The van der Waals surface area contributed by atoms with Crippen LogP contribution < -0.4 is 10.6 Å². The molecule has 1 aliphatic heterocycles. The molecule has 1 atom stereocenters. The topological polar surface area (TPSA) is 126 Å². The highest BCUT2D eigenvalue weighted by atomic mass is 16.4. The summed E-state index contributed by atoms with van der Waals surface area (Å²) in [6.45, 7) is 2.25. The Bertz CT molecular complexity index is 861. The number of aryl methyl sites for hydroxylation is 1. The van der Waals surface area contributed by atoms with Crippen molar-refractivity contribution in [3.8, 4) is 0 Å². The van der Waals surface area contributed by atoms with Gasteiger partial charge in [0.2, 0.25) is 11.8 Å². The van der Waals surface area contributed by atoms with Gasteiger partial charge >= 0.3 is 5.97 Å². The summed E-state index contributed by atoms with van der Waals surface area (Å²) in [4.78, 5) is 34.8. The molecule has 136 valence electrons. The minimum Gasteiger partial charge on any atom is -0.476 e. The van der Waals surface area contributed by atoms with Gasteiger partial charge in [-0.1, -0.05) is 24.3 Å². The van der Waals surface area contributed by atoms with Gasteiger partial charge in [0, 0.05) is 12.2 Å². The molecule has 0 fully saturated rings. The summed E-state index contributed by atoms with van der Waals surface area (Å²) in [6, 6.07) is 5.94. The number of nitrogens with one attached hydrogen (secondary N) is 2. The number of hydrogen-bond acceptors (Lipinski definition) is 5. The number of aromatic nitrogens is 3. The van der Waals surface area contributed by atoms with Gasteiger partial charge in [-0.2, -0.15) is 0 Å². The number of rotatable bonds is 7. The molecular formula is C17H19N5O4. The SMILES string of the molecule is CCc1ccc2c(c1)C(CCNC(=O)Cn1cc(C(=O)O)nn1)C(=O)N2. The van der Waals surface area contributed by atoms with Crippen LogP contribution in [0.1, 0.15) is 40.9 Å². The van der Waals surface area contributed by atoms with Crippen molar-refractivity contribution in [2.75, 3.05) is 11.9 Å². The second kappa shape index (κ2) is 7.34. The summed E-state index contributed by atoms with van der Waals surface area (Å²) in [5.74, 6) is -1.88. The molecule has 9 heteroatoms. The predicted molar refractivity (Wildman–Crippen MR) is 91.8 cm³/mol. The molecule has 1 aromatic heterocycles. The van der Waals surface area contributed by atoms with Crippen LogP contribution in [0.3, 0.4) is 0 Å². The van der Waals surface area contributed by atoms with E-state index < -0.39 is 5.97 Å². The Balaban J connectivity index is 1.54. The van der Waals surface area contributed by atoms with Crippen LogP contribution in [0.2, 0.25) is 0 Å². The number of carboxylic acid groups (broad SMARTS) is 1. The fraction of sp³-hybridized carbons (Fsp3) is 0.353. The first kappa shape index (κ1) is 17.6. The second-order valence-electron chi connectivity index (χ2n) is 6.06. The van der Waals surface area contributed by atoms with Crippen LogP contribution in [-0.2, 0) is 22.6 Å². The summed E-state index contributed by atoms with van der Waals surface area (Å²) >= 11 is 0. The zero-order chi connectivity index (χ0) is 18.7. The first-order valence-electron chi connectivity index (χ1n) is 8.31. The molecule has 3 rings (SSSR count). The number of nitrogens with zero attached hydrogens (tertiary/aromatic N) is 3. The van der Waals surface area contributed by atoms with Crippen LogP contribution >= 0.6 is 0 Å². The Kier molecular flexibility index (Phi) is 4.97. The summed E-state index contributed by atoms with van der Waals surface area (Å²) in [5.41, 5.74) is 2.73. The number of benzene rings is 1. The van der Waals surface area contributed by atoms with E-state index >= 15 is 0 Å². The Hall–Kier alpha value is -3.23. The number of amides is 2. The highest BCUT2D eigenvalue weighted by molar-refractivity contribution is 6.03. The van der Waals surface area contributed by atoms with E-state index in [0.29, 0.717) is 13.0 Å². The van der Waals surface area contributed by atoms with E-state index in [2.05, 4.69) is 27.9 Å². The van der Waals surface area contributed by atoms with Gasteiger partial charge in [-0.15, -0.1) is 5.10 Å². The lowest BCUT2D eigenvalue weighted by molar-refractivity contribution is -0.122. The molecule has 0 spiro atoms. The van der Waals surface area contributed by atoms with Gasteiger partial charge in [0.15, 0.2) is 5.69 Å². The number of anilines is 1. The highest BCUT2D eigenvalue weighted by Crippen LogP contribution is 2.35. The summed E-state index contributed by atoms with van der Waals surface area (Å²) in [5, 5.41) is 21.4. The average molecular weight is 357 g/mol. The van der Waals surface area contributed by atoms with Crippen LogP contribution in [0.5, 0.6) is 0 Å². The molecule has 1 aliphatic rings. The Labute approximate surface area is 149 Å². The molecule has 1 unspecified atom stereocenters. The minimum atomic E-state index is -1.20. The van der Waals surface area contributed by atoms with Crippen LogP contribution in [0, 0.1) is 0 Å². The lowest BCUT2D eigenvalue weighted by Crippen LogP contribution is -2.30. The number of carboxylic acids is 1. The fourth-order valence-electron chi connectivity index (χ4n) is 2.91. The molecule has 0 saturated heterocycles. The third-order valence-electron chi connectivity index (χ3n) is 4.29. The van der Waals surface area contributed by atoms with Crippen molar-refractivity contribution in [3.63, 3.8) is 0 Å². The van der Waals surface area contributed by atoms with Crippen LogP contribution in [0.25, 0.3) is 0 Å². The maximum Gasteiger partial charge on any atom is 0.358 e. The van der Waals surface area contributed by atoms with Crippen molar-refractivity contribution in [3.05, 3.63) is 41.2 Å². The third kappa shape index (κ3) is 3.71. The second-order valence-corrected chi connectivity index (χ2v) is 6.06. The molecule has 2 heterocycles. The van der Waals surface area contributed by atoms with Crippen molar-refractivity contribution < 1.29 is 19.5 Å². The summed E-state index contributed by atoms with van der Waals surface area (Å²) < 4.78 is 1.16. The standard InChI is InChI=1S/C17H19N5O4/c1-2-10-3-4-13-12(7-10)11(16(24)19-13)5-6-18-15(23)9-22-8-14(17(25)26)20-21-22/h3-4,7-8,11H,2,5-6,9H2,1H3,(H,18,23)(H,19,24)(H,25,26). The summed E-state index contributed by atoms with van der Waals surface area (Å²) in [6.07, 6.45) is 2.56. The Morgan fingerprint density at radius 2 is 2.19 bits per heavy atom. The molecule has 0 saturated carbocycles. The average Bonchev–Trinajstić information content (AvgIpc) is 3.19. The van der Waals surface area contributed by atoms with Gasteiger partial charge in [-0.25, -0.2) is 9.48 Å². The zero-order valence-electron chi connectivity index (χ0n) is 14.2. The molecule has 0 aliphatic carbocycles. The lowest BCUT2D eigenvalue weighted by atomic mass is 9.95. The normalized spacial score (nSPS) is 15.4. The number of hydrogen-bond donors (Lipinski definition) is 3. The van der Waals surface area contributed by atoms with E-state index in [1.165, 1.54) is 6.20 Å². The predicted octanol–water partition coefficient (Wildman–Crippen LogP) is 0.781. The first-order chi connectivity index (χ1) is 12.5. The van der Waals surface area contributed by atoms with E-state index in [1.807, 2.05) is 18.2 Å². The fourth-order valence-corrected chi connectivity index (χ4v) is 2.91. The van der Waals surface area contributed by atoms with Crippen molar-refractivity contribution in [1.29, 1.82) is 0 Å². The molecule has 26 heavy (non-hydrogen) atoms. The third-order valence-corrected chi connectivity index (χ3v) is 4.29. The quantitative estimate of drug-likeness (QED) is 0.672. The molecule has 0 radical (unpaired) electrons. The molecule has 1 aromatic carbocycles. The van der Waals surface area contributed by atoms with E-state index in [0.717, 1.165) is 27.9 Å². The lowest BCUT2D eigenvalue weighted by Gasteiger charge is -2.11. The van der Waals surface area contributed by atoms with E-state index in [-0.39, 0.29) is 30.0 Å². The molecule has 2 amide bonds. The van der Waals surface area contributed by atoms with Gasteiger partial charge in [-0.3, -0.25) is 9.59 Å². The maximum atomic E-state index is 12.2. The van der Waals surface area contributed by atoms with Crippen molar-refractivity contribution in [2.24, 2.45) is 0 Å². The Morgan fingerprint density at radius 1 is 1.38 bits per heavy atom. The van der Waals surface area contributed by atoms with Gasteiger partial charge in [0.25, 0.3) is 0 Å². The molecule has 0 bridgehead atoms. The molecule has 3 N–H and O–H groups in total. The molecular weight excluding hydrogens is 338 g/mol. The van der Waals surface area contributed by atoms with Crippen molar-refractivity contribution in [1.82, 2.24) is 20.3 Å². The van der Waals surface area contributed by atoms with Crippen molar-refractivity contribution in [2.45, 2.75) is 32.2 Å². The smallest absolute Gasteiger partial charge is 0.358 e. The Morgan fingerprint density at radius 3 is 2.88 bits per heavy atom. The van der Waals surface area contributed by atoms with Gasteiger partial charge in [0.05, 0.1) is 12.1 Å². The minimum absolute atomic E-state index is 0.0649. The first-order valence-corrected chi connectivity index (χ1v) is 8.31.